The van der Waals surface area contributed by atoms with E-state index in [4.69, 9.17) is 9.47 Å². The first-order chi connectivity index (χ1) is 14.0. The lowest BCUT2D eigenvalue weighted by molar-refractivity contribution is 0.248. The van der Waals surface area contributed by atoms with Gasteiger partial charge in [0.25, 0.3) is 0 Å². The van der Waals surface area contributed by atoms with E-state index in [2.05, 4.69) is 33.9 Å². The van der Waals surface area contributed by atoms with E-state index in [-0.39, 0.29) is 17.3 Å². The number of unbranched alkanes of at least 4 members (excludes halogenated alkanes) is 2. The molecule has 0 bridgehead atoms. The molecule has 1 aliphatic rings. The van der Waals surface area contributed by atoms with Crippen LogP contribution in [-0.2, 0) is 23.0 Å². The second kappa shape index (κ2) is 11.6. The number of hydrogen-bond acceptors (Lipinski definition) is 5. The summed E-state index contributed by atoms with van der Waals surface area (Å²) in [4.78, 5) is 2.58. The Kier molecular flexibility index (Phi) is 9.42. The molecule has 0 radical (unpaired) electrons. The Hall–Kier alpha value is -1.80. The van der Waals surface area contributed by atoms with Crippen molar-refractivity contribution in [2.45, 2.75) is 37.1 Å². The minimum absolute atomic E-state index is 0. The fourth-order valence-electron chi connectivity index (χ4n) is 3.66. The molecule has 0 amide bonds. The largest absolute Gasteiger partial charge is 0.497 e. The molecule has 6 nitrogen and oxygen atoms in total. The van der Waals surface area contributed by atoms with Crippen LogP contribution in [0, 0.1) is 0 Å². The Morgan fingerprint density at radius 3 is 2.50 bits per heavy atom. The number of rotatable bonds is 10. The first-order valence-corrected chi connectivity index (χ1v) is 11.5. The molecule has 1 heterocycles. The van der Waals surface area contributed by atoms with Gasteiger partial charge >= 0.3 is 0 Å². The molecule has 2 aromatic rings. The summed E-state index contributed by atoms with van der Waals surface area (Å²) in [6.07, 6.45) is 3.95. The minimum atomic E-state index is -3.64. The second-order valence-electron chi connectivity index (χ2n) is 7.27. The normalized spacial score (nSPS) is 13.9. The van der Waals surface area contributed by atoms with Crippen molar-refractivity contribution in [3.05, 3.63) is 53.6 Å². The van der Waals surface area contributed by atoms with E-state index >= 15 is 0 Å². The van der Waals surface area contributed by atoms with Gasteiger partial charge in [-0.25, -0.2) is 13.1 Å². The maximum absolute atomic E-state index is 12.6. The molecule has 8 heteroatoms. The topological polar surface area (TPSA) is 67.9 Å². The molecule has 1 aliphatic heterocycles. The highest BCUT2D eigenvalue weighted by Gasteiger charge is 2.20. The molecular weight excluding hydrogens is 424 g/mol. The van der Waals surface area contributed by atoms with E-state index in [1.165, 1.54) is 31.4 Å². The molecule has 30 heavy (non-hydrogen) atoms. The van der Waals surface area contributed by atoms with E-state index < -0.39 is 10.0 Å². The molecule has 0 saturated carbocycles. The zero-order chi connectivity index (χ0) is 20.7. The number of nitrogens with one attached hydrogen (secondary N) is 1. The lowest BCUT2D eigenvalue weighted by atomic mass is 10.00. The van der Waals surface area contributed by atoms with Crippen molar-refractivity contribution >= 4 is 22.4 Å². The smallest absolute Gasteiger partial charge is 0.244 e. The SMILES string of the molecule is COc1ccc(OC)c(S(=O)(=O)NCCCCCN2CCc3ccccc3C2)c1.Cl. The number of benzene rings is 2. The molecule has 0 fully saturated rings. The molecule has 0 spiro atoms. The summed E-state index contributed by atoms with van der Waals surface area (Å²) in [5.74, 6) is 0.790. The van der Waals surface area contributed by atoms with Crippen LogP contribution in [0.3, 0.4) is 0 Å². The van der Waals surface area contributed by atoms with E-state index in [0.717, 1.165) is 45.3 Å². The van der Waals surface area contributed by atoms with Crippen molar-refractivity contribution < 1.29 is 17.9 Å². The van der Waals surface area contributed by atoms with E-state index in [0.29, 0.717) is 18.0 Å². The first kappa shape index (κ1) is 24.5. The van der Waals surface area contributed by atoms with Crippen LogP contribution in [0.5, 0.6) is 11.5 Å². The molecule has 0 atom stereocenters. The zero-order valence-corrected chi connectivity index (χ0v) is 19.2. The average molecular weight is 455 g/mol. The summed E-state index contributed by atoms with van der Waals surface area (Å²) in [7, 11) is -0.677. The summed E-state index contributed by atoms with van der Waals surface area (Å²) in [5.41, 5.74) is 2.89. The van der Waals surface area contributed by atoms with Crippen molar-refractivity contribution in [1.29, 1.82) is 0 Å². The lowest BCUT2D eigenvalue weighted by Gasteiger charge is -2.28. The van der Waals surface area contributed by atoms with Gasteiger partial charge in [0.15, 0.2) is 0 Å². The van der Waals surface area contributed by atoms with Crippen LogP contribution in [0.25, 0.3) is 0 Å². The van der Waals surface area contributed by atoms with Crippen molar-refractivity contribution in [2.75, 3.05) is 33.9 Å². The lowest BCUT2D eigenvalue weighted by Crippen LogP contribution is -2.31. The number of methoxy groups -OCH3 is 2. The minimum Gasteiger partial charge on any atom is -0.497 e. The highest BCUT2D eigenvalue weighted by atomic mass is 35.5. The maximum Gasteiger partial charge on any atom is 0.244 e. The highest BCUT2D eigenvalue weighted by molar-refractivity contribution is 7.89. The quantitative estimate of drug-likeness (QED) is 0.555. The fourth-order valence-corrected chi connectivity index (χ4v) is 4.92. The van der Waals surface area contributed by atoms with E-state index in [1.807, 2.05) is 0 Å². The maximum atomic E-state index is 12.6. The summed E-state index contributed by atoms with van der Waals surface area (Å²) < 4.78 is 38.2. The third kappa shape index (κ3) is 6.35. The van der Waals surface area contributed by atoms with Gasteiger partial charge in [0.1, 0.15) is 16.4 Å². The van der Waals surface area contributed by atoms with Crippen LogP contribution in [0.4, 0.5) is 0 Å². The van der Waals surface area contributed by atoms with Gasteiger partial charge in [-0.15, -0.1) is 12.4 Å². The van der Waals surface area contributed by atoms with Crippen LogP contribution in [0.1, 0.15) is 30.4 Å². The number of halogens is 1. The third-order valence-electron chi connectivity index (χ3n) is 5.31. The van der Waals surface area contributed by atoms with Gasteiger partial charge in [-0.1, -0.05) is 30.7 Å². The zero-order valence-electron chi connectivity index (χ0n) is 17.6. The van der Waals surface area contributed by atoms with E-state index in [1.54, 1.807) is 12.1 Å². The molecule has 3 rings (SSSR count). The monoisotopic (exact) mass is 454 g/mol. The van der Waals surface area contributed by atoms with Gasteiger partial charge in [0.2, 0.25) is 10.0 Å². The Morgan fingerprint density at radius 1 is 1.00 bits per heavy atom. The number of hydrogen-bond donors (Lipinski definition) is 1. The molecule has 0 aliphatic carbocycles. The van der Waals surface area contributed by atoms with Crippen molar-refractivity contribution in [2.24, 2.45) is 0 Å². The molecule has 0 unspecified atom stereocenters. The van der Waals surface area contributed by atoms with Gasteiger partial charge in [-0.05, 0) is 49.1 Å². The number of ether oxygens (including phenoxy) is 2. The van der Waals surface area contributed by atoms with Gasteiger partial charge in [-0.2, -0.15) is 0 Å². The summed E-state index contributed by atoms with van der Waals surface area (Å²) in [6, 6.07) is 13.4. The molecule has 2 aromatic carbocycles. The third-order valence-corrected chi connectivity index (χ3v) is 6.80. The Labute approximate surface area is 186 Å². The summed E-state index contributed by atoms with van der Waals surface area (Å²) in [5, 5.41) is 0. The molecule has 1 N–H and O–H groups in total. The molecular formula is C22H31ClN2O4S. The number of fused-ring (bicyclic) bond motifs is 1. The Bertz CT molecular complexity index is 921. The van der Waals surface area contributed by atoms with Crippen molar-refractivity contribution in [3.63, 3.8) is 0 Å². The van der Waals surface area contributed by atoms with Gasteiger partial charge in [-0.3, -0.25) is 4.90 Å². The highest BCUT2D eigenvalue weighted by Crippen LogP contribution is 2.28. The van der Waals surface area contributed by atoms with Crippen LogP contribution < -0.4 is 14.2 Å². The van der Waals surface area contributed by atoms with E-state index in [9.17, 15) is 8.42 Å². The van der Waals surface area contributed by atoms with Crippen molar-refractivity contribution in [1.82, 2.24) is 9.62 Å². The standard InChI is InChI=1S/C22H30N2O4S.ClH/c1-27-20-10-11-21(28-2)22(16-20)29(25,26)23-13-6-3-7-14-24-15-12-18-8-4-5-9-19(18)17-24;/h4-5,8-11,16,23H,3,6-7,12-15,17H2,1-2H3;1H. The summed E-state index contributed by atoms with van der Waals surface area (Å²) in [6.45, 7) is 3.56. The fraction of sp³-hybridized carbons (Fsp3) is 0.455. The second-order valence-corrected chi connectivity index (χ2v) is 9.01. The average Bonchev–Trinajstić information content (AvgIpc) is 2.75. The Balaban J connectivity index is 0.00000320. The molecule has 0 aromatic heterocycles. The van der Waals surface area contributed by atoms with Crippen LogP contribution in [0.15, 0.2) is 47.4 Å². The van der Waals surface area contributed by atoms with Gasteiger partial charge < -0.3 is 9.47 Å². The van der Waals surface area contributed by atoms with Crippen LogP contribution in [0.2, 0.25) is 0 Å². The molecule has 166 valence electrons. The van der Waals surface area contributed by atoms with Gasteiger partial charge in [0.05, 0.1) is 14.2 Å². The van der Waals surface area contributed by atoms with Crippen LogP contribution in [-0.4, -0.2) is 47.2 Å². The predicted octanol–water partition coefficient (Wildman–Crippen LogP) is 3.63. The predicted molar refractivity (Wildman–Crippen MR) is 121 cm³/mol. The van der Waals surface area contributed by atoms with Gasteiger partial charge in [0, 0.05) is 25.7 Å². The first-order valence-electron chi connectivity index (χ1n) is 10.0. The van der Waals surface area contributed by atoms with Crippen LogP contribution >= 0.6 is 12.4 Å². The Morgan fingerprint density at radius 2 is 1.77 bits per heavy atom. The number of sulfonamides is 1. The number of nitrogens with zero attached hydrogens (tertiary/aromatic N) is 1. The molecule has 0 saturated heterocycles. The summed E-state index contributed by atoms with van der Waals surface area (Å²) >= 11 is 0. The van der Waals surface area contributed by atoms with Crippen molar-refractivity contribution in [3.8, 4) is 11.5 Å².